The van der Waals surface area contributed by atoms with Gasteiger partial charge >= 0.3 is 0 Å². The summed E-state index contributed by atoms with van der Waals surface area (Å²) in [5, 5.41) is 2.73. The van der Waals surface area contributed by atoms with Gasteiger partial charge in [-0.25, -0.2) is 16.8 Å². The molecule has 0 atom stereocenters. The van der Waals surface area contributed by atoms with Gasteiger partial charge in [-0.1, -0.05) is 13.8 Å². The zero-order valence-electron chi connectivity index (χ0n) is 9.30. The molecule has 0 aromatic carbocycles. The predicted octanol–water partition coefficient (Wildman–Crippen LogP) is -0.816. The molecule has 0 aliphatic carbocycles. The highest BCUT2D eigenvalue weighted by molar-refractivity contribution is 8.10. The number of nitrogens with one attached hydrogen (secondary N) is 1. The molecule has 1 N–H and O–H groups in total. The van der Waals surface area contributed by atoms with E-state index in [4.69, 9.17) is 0 Å². The van der Waals surface area contributed by atoms with E-state index in [0.29, 0.717) is 13.1 Å². The van der Waals surface area contributed by atoms with E-state index >= 15 is 0 Å². The van der Waals surface area contributed by atoms with E-state index in [2.05, 4.69) is 10.3 Å². The van der Waals surface area contributed by atoms with Gasteiger partial charge in [0, 0.05) is 18.1 Å². The second kappa shape index (κ2) is 4.70. The second-order valence-electron chi connectivity index (χ2n) is 3.43. The van der Waals surface area contributed by atoms with Gasteiger partial charge in [0.2, 0.25) is 4.58 Å². The number of rotatable bonds is 5. The van der Waals surface area contributed by atoms with Gasteiger partial charge in [0.25, 0.3) is 0 Å². The average molecular weight is 268 g/mol. The van der Waals surface area contributed by atoms with Crippen LogP contribution in [0.15, 0.2) is 4.99 Å². The maximum atomic E-state index is 11.8. The Morgan fingerprint density at radius 2 is 1.69 bits per heavy atom. The number of sulfone groups is 2. The van der Waals surface area contributed by atoms with Crippen LogP contribution in [0.3, 0.4) is 0 Å². The van der Waals surface area contributed by atoms with Crippen molar-refractivity contribution in [1.82, 2.24) is 5.32 Å². The van der Waals surface area contributed by atoms with Crippen LogP contribution in [0.2, 0.25) is 0 Å². The van der Waals surface area contributed by atoms with Crippen molar-refractivity contribution in [3.8, 4) is 0 Å². The Morgan fingerprint density at radius 3 is 2.00 bits per heavy atom. The molecule has 0 radical (unpaired) electrons. The Bertz CT molecular complexity index is 444. The van der Waals surface area contributed by atoms with Crippen LogP contribution in [0.1, 0.15) is 13.8 Å². The first-order chi connectivity index (χ1) is 7.35. The van der Waals surface area contributed by atoms with Gasteiger partial charge in [-0.2, -0.15) is 0 Å². The maximum Gasteiger partial charge on any atom is 0.219 e. The Kier molecular flexibility index (Phi) is 3.95. The fourth-order valence-corrected chi connectivity index (χ4v) is 5.65. The standard InChI is InChI=1S/C8H16N2O4S2/c1-3-15(11,12)8(16(13,14)4-2)7-9-5-6-10-7/h8H,3-6H2,1-2H3,(H,9,10). The van der Waals surface area contributed by atoms with E-state index in [-0.39, 0.29) is 17.3 Å². The fourth-order valence-electron chi connectivity index (χ4n) is 1.44. The highest BCUT2D eigenvalue weighted by Gasteiger charge is 2.40. The van der Waals surface area contributed by atoms with Crippen LogP contribution < -0.4 is 5.32 Å². The topological polar surface area (TPSA) is 92.7 Å². The molecule has 0 amide bonds. The third-order valence-corrected chi connectivity index (χ3v) is 7.50. The van der Waals surface area contributed by atoms with E-state index in [1.54, 1.807) is 0 Å². The van der Waals surface area contributed by atoms with Crippen LogP contribution >= 0.6 is 0 Å². The summed E-state index contributed by atoms with van der Waals surface area (Å²) in [6.45, 7) is 3.78. The molecule has 0 unspecified atom stereocenters. The molecule has 0 fully saturated rings. The molecule has 1 aliphatic heterocycles. The van der Waals surface area contributed by atoms with Gasteiger partial charge in [0.1, 0.15) is 5.84 Å². The molecule has 8 heteroatoms. The summed E-state index contributed by atoms with van der Waals surface area (Å²) < 4.78 is 45.7. The summed E-state index contributed by atoms with van der Waals surface area (Å²) in [6, 6.07) is 0. The Balaban J connectivity index is 3.25. The van der Waals surface area contributed by atoms with Crippen LogP contribution in [-0.2, 0) is 19.7 Å². The summed E-state index contributed by atoms with van der Waals surface area (Å²) in [4.78, 5) is 3.91. The Hall–Kier alpha value is -0.630. The molecule has 1 rings (SSSR count). The van der Waals surface area contributed by atoms with Crippen LogP contribution in [0.4, 0.5) is 0 Å². The van der Waals surface area contributed by atoms with Gasteiger partial charge in [-0.05, 0) is 0 Å². The largest absolute Gasteiger partial charge is 0.370 e. The van der Waals surface area contributed by atoms with Gasteiger partial charge in [0.15, 0.2) is 19.7 Å². The van der Waals surface area contributed by atoms with Crippen molar-refractivity contribution in [3.05, 3.63) is 0 Å². The Labute approximate surface area is 96.0 Å². The molecule has 0 saturated carbocycles. The lowest BCUT2D eigenvalue weighted by Gasteiger charge is -2.16. The minimum Gasteiger partial charge on any atom is -0.370 e. The first-order valence-electron chi connectivity index (χ1n) is 5.06. The molecule has 94 valence electrons. The molecule has 16 heavy (non-hydrogen) atoms. The number of amidine groups is 1. The van der Waals surface area contributed by atoms with Crippen molar-refractivity contribution < 1.29 is 16.8 Å². The van der Waals surface area contributed by atoms with E-state index in [1.165, 1.54) is 13.8 Å². The molecular weight excluding hydrogens is 252 g/mol. The van der Waals surface area contributed by atoms with Gasteiger partial charge in [-0.3, -0.25) is 4.99 Å². The Morgan fingerprint density at radius 1 is 1.19 bits per heavy atom. The summed E-state index contributed by atoms with van der Waals surface area (Å²) in [7, 11) is -7.39. The molecule has 0 bridgehead atoms. The predicted molar refractivity (Wildman–Crippen MR) is 63.0 cm³/mol. The number of aliphatic imine (C=N–C) groups is 1. The van der Waals surface area contributed by atoms with Crippen LogP contribution in [0.5, 0.6) is 0 Å². The van der Waals surface area contributed by atoms with Gasteiger partial charge < -0.3 is 5.32 Å². The van der Waals surface area contributed by atoms with E-state index in [9.17, 15) is 16.8 Å². The summed E-state index contributed by atoms with van der Waals surface area (Å²) in [5.41, 5.74) is 0. The number of hydrogen-bond donors (Lipinski definition) is 1. The average Bonchev–Trinajstić information content (AvgIpc) is 2.70. The van der Waals surface area contributed by atoms with E-state index in [1.807, 2.05) is 0 Å². The van der Waals surface area contributed by atoms with E-state index in [0.717, 1.165) is 0 Å². The summed E-state index contributed by atoms with van der Waals surface area (Å²) in [6.07, 6.45) is 0. The third-order valence-electron chi connectivity index (χ3n) is 2.38. The smallest absolute Gasteiger partial charge is 0.219 e. The maximum absolute atomic E-state index is 11.8. The highest BCUT2D eigenvalue weighted by Crippen LogP contribution is 2.14. The number of hydrogen-bond acceptors (Lipinski definition) is 6. The first-order valence-corrected chi connectivity index (χ1v) is 8.49. The molecule has 0 aromatic heterocycles. The molecule has 0 spiro atoms. The lowest BCUT2D eigenvalue weighted by Crippen LogP contribution is -2.44. The summed E-state index contributed by atoms with van der Waals surface area (Å²) in [5.74, 6) is -0.349. The van der Waals surface area contributed by atoms with Crippen LogP contribution in [0.25, 0.3) is 0 Å². The fraction of sp³-hybridized carbons (Fsp3) is 0.875. The molecule has 0 saturated heterocycles. The van der Waals surface area contributed by atoms with Crippen molar-refractivity contribution in [2.45, 2.75) is 18.4 Å². The lowest BCUT2D eigenvalue weighted by molar-refractivity contribution is 0.584. The van der Waals surface area contributed by atoms with E-state index < -0.39 is 24.3 Å². The zero-order chi connectivity index (χ0) is 12.4. The zero-order valence-corrected chi connectivity index (χ0v) is 10.9. The SMILES string of the molecule is CCS(=O)(=O)C(C1=NCCN1)S(=O)(=O)CC. The van der Waals surface area contributed by atoms with Crippen molar-refractivity contribution in [1.29, 1.82) is 0 Å². The number of nitrogens with zero attached hydrogens (tertiary/aromatic N) is 1. The lowest BCUT2D eigenvalue weighted by atomic mass is 10.6. The van der Waals surface area contributed by atoms with Crippen LogP contribution in [-0.4, -0.2) is 51.8 Å². The molecule has 6 nitrogen and oxygen atoms in total. The second-order valence-corrected chi connectivity index (χ2v) is 8.48. The van der Waals surface area contributed by atoms with Gasteiger partial charge in [0.05, 0.1) is 6.54 Å². The normalized spacial score (nSPS) is 17.3. The minimum atomic E-state index is -3.69. The molecular formula is C8H16N2O4S2. The molecule has 1 aliphatic rings. The van der Waals surface area contributed by atoms with Crippen molar-refractivity contribution in [2.75, 3.05) is 24.6 Å². The van der Waals surface area contributed by atoms with Gasteiger partial charge in [-0.15, -0.1) is 0 Å². The van der Waals surface area contributed by atoms with Crippen molar-refractivity contribution in [2.24, 2.45) is 4.99 Å². The molecule has 1 heterocycles. The first kappa shape index (κ1) is 13.4. The monoisotopic (exact) mass is 268 g/mol. The molecule has 0 aromatic rings. The minimum absolute atomic E-state index is 0.0729. The van der Waals surface area contributed by atoms with Crippen molar-refractivity contribution >= 4 is 25.5 Å². The summed E-state index contributed by atoms with van der Waals surface area (Å²) >= 11 is 0. The quantitative estimate of drug-likeness (QED) is 0.703. The third kappa shape index (κ3) is 2.54. The van der Waals surface area contributed by atoms with Crippen LogP contribution in [0, 0.1) is 0 Å². The van der Waals surface area contributed by atoms with Crippen molar-refractivity contribution in [3.63, 3.8) is 0 Å². The highest BCUT2D eigenvalue weighted by atomic mass is 32.3.